The Hall–Kier alpha value is -1.67. The Morgan fingerprint density at radius 1 is 1.17 bits per heavy atom. The standard InChI is InChI=1S/C10H16N4O4/c1-15-8-12-9(16-2)14-10(13-8)18-6-7-5-11-3-4-17-7/h7,11H,3-6H2,1-2H3. The van der Waals surface area contributed by atoms with Gasteiger partial charge in [-0.3, -0.25) is 0 Å². The van der Waals surface area contributed by atoms with Gasteiger partial charge in [0.2, 0.25) is 0 Å². The van der Waals surface area contributed by atoms with Crippen LogP contribution >= 0.6 is 0 Å². The zero-order valence-electron chi connectivity index (χ0n) is 10.4. The summed E-state index contributed by atoms with van der Waals surface area (Å²) in [5.74, 6) is 0. The molecule has 1 N–H and O–H groups in total. The van der Waals surface area contributed by atoms with Gasteiger partial charge in [-0.1, -0.05) is 0 Å². The second-order valence-electron chi connectivity index (χ2n) is 3.60. The van der Waals surface area contributed by atoms with Gasteiger partial charge in [-0.15, -0.1) is 15.0 Å². The van der Waals surface area contributed by atoms with Crippen molar-refractivity contribution < 1.29 is 18.9 Å². The van der Waals surface area contributed by atoms with Gasteiger partial charge in [-0.25, -0.2) is 0 Å². The van der Waals surface area contributed by atoms with E-state index in [1.807, 2.05) is 0 Å². The molecule has 0 spiro atoms. The van der Waals surface area contributed by atoms with Gasteiger partial charge in [0, 0.05) is 13.1 Å². The van der Waals surface area contributed by atoms with Gasteiger partial charge < -0.3 is 24.3 Å². The Kier molecular flexibility index (Phi) is 4.48. The summed E-state index contributed by atoms with van der Waals surface area (Å²) in [7, 11) is 2.93. The van der Waals surface area contributed by atoms with E-state index in [-0.39, 0.29) is 24.1 Å². The smallest absolute Gasteiger partial charge is 0.325 e. The third-order valence-corrected chi connectivity index (χ3v) is 2.34. The number of rotatable bonds is 5. The van der Waals surface area contributed by atoms with E-state index in [2.05, 4.69) is 20.3 Å². The van der Waals surface area contributed by atoms with Crippen LogP contribution in [0.15, 0.2) is 0 Å². The number of ether oxygens (including phenoxy) is 4. The van der Waals surface area contributed by atoms with Gasteiger partial charge >= 0.3 is 18.0 Å². The third-order valence-electron chi connectivity index (χ3n) is 2.34. The second-order valence-corrected chi connectivity index (χ2v) is 3.60. The van der Waals surface area contributed by atoms with Crippen molar-refractivity contribution >= 4 is 0 Å². The third kappa shape index (κ3) is 3.41. The predicted octanol–water partition coefficient (Wildman–Crippen LogP) is -0.744. The molecular weight excluding hydrogens is 240 g/mol. The number of morpholine rings is 1. The van der Waals surface area contributed by atoms with Crippen molar-refractivity contribution in [2.45, 2.75) is 6.10 Å². The van der Waals surface area contributed by atoms with E-state index >= 15 is 0 Å². The van der Waals surface area contributed by atoms with Crippen molar-refractivity contribution in [3.8, 4) is 18.0 Å². The minimum absolute atomic E-state index is 0.00694. The summed E-state index contributed by atoms with van der Waals surface area (Å²) in [5, 5.41) is 3.21. The van der Waals surface area contributed by atoms with Crippen molar-refractivity contribution in [3.63, 3.8) is 0 Å². The minimum atomic E-state index is -0.00694. The topological polar surface area (TPSA) is 87.6 Å². The van der Waals surface area contributed by atoms with Crippen LogP contribution in [0.25, 0.3) is 0 Å². The summed E-state index contributed by atoms with van der Waals surface area (Å²) >= 11 is 0. The van der Waals surface area contributed by atoms with Gasteiger partial charge in [0.05, 0.1) is 20.8 Å². The molecule has 1 aromatic heterocycles. The van der Waals surface area contributed by atoms with Crippen LogP contribution in [0.2, 0.25) is 0 Å². The lowest BCUT2D eigenvalue weighted by Crippen LogP contribution is -2.41. The van der Waals surface area contributed by atoms with E-state index in [4.69, 9.17) is 18.9 Å². The van der Waals surface area contributed by atoms with Crippen molar-refractivity contribution in [2.24, 2.45) is 0 Å². The first-order chi connectivity index (χ1) is 8.81. The molecule has 0 radical (unpaired) electrons. The van der Waals surface area contributed by atoms with Crippen LogP contribution in [0.4, 0.5) is 0 Å². The number of hydrogen-bond donors (Lipinski definition) is 1. The zero-order valence-corrected chi connectivity index (χ0v) is 10.4. The summed E-state index contributed by atoms with van der Waals surface area (Å²) < 4.78 is 20.8. The molecule has 1 saturated heterocycles. The molecule has 18 heavy (non-hydrogen) atoms. The van der Waals surface area contributed by atoms with E-state index < -0.39 is 0 Å². The largest absolute Gasteiger partial charge is 0.467 e. The molecule has 1 aliphatic rings. The van der Waals surface area contributed by atoms with Gasteiger partial charge in [0.25, 0.3) is 0 Å². The van der Waals surface area contributed by atoms with E-state index in [9.17, 15) is 0 Å². The highest BCUT2D eigenvalue weighted by Crippen LogP contribution is 2.14. The molecule has 2 rings (SSSR count). The Morgan fingerprint density at radius 3 is 2.39 bits per heavy atom. The van der Waals surface area contributed by atoms with Crippen LogP contribution in [0, 0.1) is 0 Å². The number of hydrogen-bond acceptors (Lipinski definition) is 8. The summed E-state index contributed by atoms with van der Waals surface area (Å²) in [5.41, 5.74) is 0. The molecule has 0 aliphatic carbocycles. The maximum absolute atomic E-state index is 5.49. The molecule has 100 valence electrons. The minimum Gasteiger partial charge on any atom is -0.467 e. The normalized spacial score (nSPS) is 19.3. The average molecular weight is 256 g/mol. The first-order valence-corrected chi connectivity index (χ1v) is 5.61. The highest BCUT2D eigenvalue weighted by atomic mass is 16.5. The summed E-state index contributed by atoms with van der Waals surface area (Å²) in [6, 6.07) is 0.465. The summed E-state index contributed by atoms with van der Waals surface area (Å²) in [4.78, 5) is 11.8. The van der Waals surface area contributed by atoms with Gasteiger partial charge in [0.15, 0.2) is 0 Å². The lowest BCUT2D eigenvalue weighted by atomic mass is 10.3. The van der Waals surface area contributed by atoms with Crippen LogP contribution in [0.3, 0.4) is 0 Å². The van der Waals surface area contributed by atoms with Gasteiger partial charge in [-0.2, -0.15) is 0 Å². The van der Waals surface area contributed by atoms with Crippen LogP contribution in [-0.4, -0.2) is 61.6 Å². The molecule has 0 amide bonds. The molecule has 8 nitrogen and oxygen atoms in total. The van der Waals surface area contributed by atoms with Gasteiger partial charge in [-0.05, 0) is 0 Å². The highest BCUT2D eigenvalue weighted by Gasteiger charge is 2.15. The van der Waals surface area contributed by atoms with Crippen molar-refractivity contribution in [3.05, 3.63) is 0 Å². The molecular formula is C10H16N4O4. The zero-order chi connectivity index (χ0) is 12.8. The molecule has 1 fully saturated rings. The molecule has 0 aromatic carbocycles. The number of nitrogens with zero attached hydrogens (tertiary/aromatic N) is 3. The van der Waals surface area contributed by atoms with Crippen LogP contribution < -0.4 is 19.5 Å². The van der Waals surface area contributed by atoms with Crippen LogP contribution in [0.1, 0.15) is 0 Å². The summed E-state index contributed by atoms with van der Waals surface area (Å²) in [6.07, 6.45) is -0.00694. The van der Waals surface area contributed by atoms with Gasteiger partial charge in [0.1, 0.15) is 12.7 Å². The number of methoxy groups -OCH3 is 2. The predicted molar refractivity (Wildman–Crippen MR) is 61.0 cm³/mol. The fourth-order valence-electron chi connectivity index (χ4n) is 1.46. The first kappa shape index (κ1) is 12.8. The lowest BCUT2D eigenvalue weighted by molar-refractivity contribution is -0.00212. The Bertz CT molecular complexity index is 362. The highest BCUT2D eigenvalue weighted by molar-refractivity contribution is 5.08. The van der Waals surface area contributed by atoms with E-state index in [1.54, 1.807) is 0 Å². The molecule has 1 aromatic rings. The molecule has 0 bridgehead atoms. The van der Waals surface area contributed by atoms with Crippen LogP contribution in [0.5, 0.6) is 18.0 Å². The second kappa shape index (κ2) is 6.31. The van der Waals surface area contributed by atoms with E-state index in [1.165, 1.54) is 14.2 Å². The first-order valence-electron chi connectivity index (χ1n) is 5.61. The molecule has 2 heterocycles. The molecule has 1 unspecified atom stereocenters. The maximum Gasteiger partial charge on any atom is 0.325 e. The molecule has 8 heteroatoms. The van der Waals surface area contributed by atoms with E-state index in [0.29, 0.717) is 13.2 Å². The average Bonchev–Trinajstić information content (AvgIpc) is 2.45. The van der Waals surface area contributed by atoms with Crippen molar-refractivity contribution in [1.82, 2.24) is 20.3 Å². The number of nitrogens with one attached hydrogen (secondary N) is 1. The fourth-order valence-corrected chi connectivity index (χ4v) is 1.46. The van der Waals surface area contributed by atoms with Crippen LogP contribution in [-0.2, 0) is 4.74 Å². The maximum atomic E-state index is 5.49. The molecule has 1 atom stereocenters. The SMILES string of the molecule is COc1nc(OC)nc(OCC2CNCCO2)n1. The number of aromatic nitrogens is 3. The Balaban J connectivity index is 1.94. The lowest BCUT2D eigenvalue weighted by Gasteiger charge is -2.23. The van der Waals surface area contributed by atoms with E-state index in [0.717, 1.165) is 13.1 Å². The quantitative estimate of drug-likeness (QED) is 0.736. The van der Waals surface area contributed by atoms with Crippen molar-refractivity contribution in [2.75, 3.05) is 40.5 Å². The Morgan fingerprint density at radius 2 is 1.83 bits per heavy atom. The Labute approximate surface area is 105 Å². The molecule has 0 saturated carbocycles. The summed E-state index contributed by atoms with van der Waals surface area (Å²) in [6.45, 7) is 2.66. The fraction of sp³-hybridized carbons (Fsp3) is 0.700. The monoisotopic (exact) mass is 256 g/mol. The van der Waals surface area contributed by atoms with Crippen molar-refractivity contribution in [1.29, 1.82) is 0 Å². The molecule has 1 aliphatic heterocycles.